The van der Waals surface area contributed by atoms with Crippen LogP contribution in [0.25, 0.3) is 10.2 Å². The van der Waals surface area contributed by atoms with E-state index < -0.39 is 0 Å². The number of fused-ring (bicyclic) bond motifs is 1. The quantitative estimate of drug-likeness (QED) is 0.754. The van der Waals surface area contributed by atoms with Gasteiger partial charge in [0.05, 0.1) is 11.7 Å². The van der Waals surface area contributed by atoms with Crippen molar-refractivity contribution in [3.05, 3.63) is 51.1 Å². The zero-order valence-corrected chi connectivity index (χ0v) is 11.2. The van der Waals surface area contributed by atoms with Crippen LogP contribution in [0, 0.1) is 0 Å². The molecule has 3 heterocycles. The van der Waals surface area contributed by atoms with Crippen LogP contribution in [0.5, 0.6) is 5.75 Å². The molecule has 0 aromatic carbocycles. The minimum Gasteiger partial charge on any atom is -0.484 e. The zero-order chi connectivity index (χ0) is 13.2. The fourth-order valence-electron chi connectivity index (χ4n) is 1.59. The van der Waals surface area contributed by atoms with Gasteiger partial charge in [-0.25, -0.2) is 9.97 Å². The first kappa shape index (κ1) is 12.1. The van der Waals surface area contributed by atoms with Gasteiger partial charge < -0.3 is 9.72 Å². The van der Waals surface area contributed by atoms with Crippen LogP contribution in [0.2, 0.25) is 5.15 Å². The van der Waals surface area contributed by atoms with Gasteiger partial charge in [-0.15, -0.1) is 11.3 Å². The fourth-order valence-corrected chi connectivity index (χ4v) is 2.43. The fraction of sp³-hybridized carbons (Fsp3) is 0.0833. The van der Waals surface area contributed by atoms with Crippen LogP contribution in [0.4, 0.5) is 0 Å². The number of H-pyrrole nitrogens is 1. The van der Waals surface area contributed by atoms with Gasteiger partial charge in [-0.3, -0.25) is 4.79 Å². The lowest BCUT2D eigenvalue weighted by molar-refractivity contribution is 0.295. The van der Waals surface area contributed by atoms with Gasteiger partial charge in [-0.1, -0.05) is 11.6 Å². The number of hydrogen-bond acceptors (Lipinski definition) is 5. The second-order valence-corrected chi connectivity index (χ2v) is 5.06. The third-order valence-electron chi connectivity index (χ3n) is 2.44. The Morgan fingerprint density at radius 3 is 3.05 bits per heavy atom. The lowest BCUT2D eigenvalue weighted by atomic mass is 10.4. The van der Waals surface area contributed by atoms with Gasteiger partial charge in [-0.2, -0.15) is 0 Å². The summed E-state index contributed by atoms with van der Waals surface area (Å²) >= 11 is 7.04. The number of nitrogens with zero attached hydrogens (tertiary/aromatic N) is 2. The summed E-state index contributed by atoms with van der Waals surface area (Å²) in [6.07, 6.45) is 1.52. The highest BCUT2D eigenvalue weighted by atomic mass is 35.5. The largest absolute Gasteiger partial charge is 0.484 e. The molecule has 3 rings (SSSR count). The summed E-state index contributed by atoms with van der Waals surface area (Å²) in [6, 6.07) is 5.15. The maximum absolute atomic E-state index is 11.7. The average molecular weight is 294 g/mol. The van der Waals surface area contributed by atoms with Gasteiger partial charge in [-0.05, 0) is 23.6 Å². The molecule has 0 bridgehead atoms. The Bertz CT molecular complexity index is 766. The van der Waals surface area contributed by atoms with Crippen molar-refractivity contribution in [1.82, 2.24) is 15.0 Å². The highest BCUT2D eigenvalue weighted by molar-refractivity contribution is 7.17. The van der Waals surface area contributed by atoms with Crippen molar-refractivity contribution in [3.63, 3.8) is 0 Å². The highest BCUT2D eigenvalue weighted by Gasteiger charge is 2.05. The molecule has 1 N–H and O–H groups in total. The third kappa shape index (κ3) is 2.59. The number of ether oxygens (including phenoxy) is 1. The van der Waals surface area contributed by atoms with Crippen molar-refractivity contribution < 1.29 is 4.74 Å². The van der Waals surface area contributed by atoms with Crippen LogP contribution in [0.1, 0.15) is 5.82 Å². The molecule has 0 fully saturated rings. The van der Waals surface area contributed by atoms with Crippen molar-refractivity contribution in [2.24, 2.45) is 0 Å². The molecule has 0 saturated carbocycles. The summed E-state index contributed by atoms with van der Waals surface area (Å²) < 4.78 is 6.10. The Labute approximate surface area is 116 Å². The van der Waals surface area contributed by atoms with Gasteiger partial charge in [0.2, 0.25) is 0 Å². The van der Waals surface area contributed by atoms with Gasteiger partial charge >= 0.3 is 0 Å². The number of halogens is 1. The molecule has 96 valence electrons. The maximum Gasteiger partial charge on any atom is 0.268 e. The number of aromatic nitrogens is 3. The first-order valence-corrected chi connectivity index (χ1v) is 6.69. The van der Waals surface area contributed by atoms with E-state index >= 15 is 0 Å². The first-order chi connectivity index (χ1) is 9.22. The van der Waals surface area contributed by atoms with Gasteiger partial charge in [0.1, 0.15) is 28.0 Å². The van der Waals surface area contributed by atoms with E-state index in [1.807, 2.05) is 11.4 Å². The predicted octanol–water partition coefficient (Wildman–Crippen LogP) is 2.61. The monoisotopic (exact) mass is 293 g/mol. The number of aromatic amines is 1. The van der Waals surface area contributed by atoms with E-state index in [4.69, 9.17) is 16.3 Å². The Balaban J connectivity index is 1.81. The molecule has 3 aromatic rings. The molecule has 3 aromatic heterocycles. The van der Waals surface area contributed by atoms with Crippen LogP contribution in [0.15, 0.2) is 34.6 Å². The van der Waals surface area contributed by atoms with Crippen molar-refractivity contribution in [2.75, 3.05) is 0 Å². The number of nitrogens with one attached hydrogen (secondary N) is 1. The van der Waals surface area contributed by atoms with Gasteiger partial charge in [0.15, 0.2) is 0 Å². The molecule has 0 atom stereocenters. The molecule has 5 nitrogen and oxygen atoms in total. The molecule has 19 heavy (non-hydrogen) atoms. The number of rotatable bonds is 3. The molecule has 0 radical (unpaired) electrons. The van der Waals surface area contributed by atoms with Crippen LogP contribution < -0.4 is 10.3 Å². The van der Waals surface area contributed by atoms with Crippen LogP contribution >= 0.6 is 22.9 Å². The molecule has 0 spiro atoms. The number of thiophene rings is 1. The SMILES string of the molecule is O=c1[nH]c(COc2ccc(Cl)nc2)nc2ccsc12. The van der Waals surface area contributed by atoms with Crippen molar-refractivity contribution >= 4 is 33.2 Å². The summed E-state index contributed by atoms with van der Waals surface area (Å²) in [4.78, 5) is 22.6. The van der Waals surface area contributed by atoms with E-state index in [1.54, 1.807) is 12.1 Å². The molecular weight excluding hydrogens is 286 g/mol. The number of pyridine rings is 1. The van der Waals surface area contributed by atoms with Crippen LogP contribution in [0.3, 0.4) is 0 Å². The predicted molar refractivity (Wildman–Crippen MR) is 73.8 cm³/mol. The molecule has 0 saturated heterocycles. The highest BCUT2D eigenvalue weighted by Crippen LogP contribution is 2.15. The first-order valence-electron chi connectivity index (χ1n) is 5.43. The average Bonchev–Trinajstić information content (AvgIpc) is 2.87. The van der Waals surface area contributed by atoms with E-state index in [2.05, 4.69) is 15.0 Å². The molecule has 0 aliphatic heterocycles. The van der Waals surface area contributed by atoms with E-state index in [0.717, 1.165) is 0 Å². The van der Waals surface area contributed by atoms with E-state index in [1.165, 1.54) is 17.5 Å². The Hall–Kier alpha value is -1.92. The Kier molecular flexibility index (Phi) is 3.18. The third-order valence-corrected chi connectivity index (χ3v) is 3.57. The molecule has 0 unspecified atom stereocenters. The second-order valence-electron chi connectivity index (χ2n) is 3.75. The minimum absolute atomic E-state index is 0.146. The van der Waals surface area contributed by atoms with E-state index in [0.29, 0.717) is 26.9 Å². The topological polar surface area (TPSA) is 67.9 Å². The molecule has 0 amide bonds. The minimum atomic E-state index is -0.146. The standard InChI is InChI=1S/C12H8ClN3O2S/c13-9-2-1-7(5-14-9)18-6-10-15-8-3-4-19-11(8)12(17)16-10/h1-5H,6H2,(H,15,16,17). The molecule has 0 aliphatic carbocycles. The van der Waals surface area contributed by atoms with Crippen LogP contribution in [-0.2, 0) is 6.61 Å². The van der Waals surface area contributed by atoms with E-state index in [9.17, 15) is 4.79 Å². The second kappa shape index (κ2) is 4.99. The summed E-state index contributed by atoms with van der Waals surface area (Å²) in [6.45, 7) is 0.171. The molecular formula is C12H8ClN3O2S. The lowest BCUT2D eigenvalue weighted by Gasteiger charge is -2.05. The summed E-state index contributed by atoms with van der Waals surface area (Å²) in [7, 11) is 0. The normalized spacial score (nSPS) is 10.8. The van der Waals surface area contributed by atoms with Crippen molar-refractivity contribution in [3.8, 4) is 5.75 Å². The van der Waals surface area contributed by atoms with Gasteiger partial charge in [0, 0.05) is 0 Å². The van der Waals surface area contributed by atoms with Crippen LogP contribution in [-0.4, -0.2) is 15.0 Å². The zero-order valence-electron chi connectivity index (χ0n) is 9.59. The Morgan fingerprint density at radius 1 is 1.37 bits per heavy atom. The van der Waals surface area contributed by atoms with Gasteiger partial charge in [0.25, 0.3) is 5.56 Å². The summed E-state index contributed by atoms with van der Waals surface area (Å²) in [5.74, 6) is 1.04. The van der Waals surface area contributed by atoms with Crippen molar-refractivity contribution in [2.45, 2.75) is 6.61 Å². The molecule has 0 aliphatic rings. The van der Waals surface area contributed by atoms with Crippen molar-refractivity contribution in [1.29, 1.82) is 0 Å². The number of hydrogen-bond donors (Lipinski definition) is 1. The Morgan fingerprint density at radius 2 is 2.26 bits per heavy atom. The summed E-state index contributed by atoms with van der Waals surface area (Å²) in [5, 5.41) is 2.24. The summed E-state index contributed by atoms with van der Waals surface area (Å²) in [5.41, 5.74) is 0.536. The maximum atomic E-state index is 11.7. The lowest BCUT2D eigenvalue weighted by Crippen LogP contribution is -2.12. The van der Waals surface area contributed by atoms with E-state index in [-0.39, 0.29) is 12.2 Å². The molecule has 7 heteroatoms. The smallest absolute Gasteiger partial charge is 0.268 e.